The lowest BCUT2D eigenvalue weighted by molar-refractivity contribution is -0.137. The lowest BCUT2D eigenvalue weighted by Gasteiger charge is -2.13. The van der Waals surface area contributed by atoms with E-state index >= 15 is 0 Å². The van der Waals surface area contributed by atoms with E-state index in [1.165, 1.54) is 18.2 Å². The lowest BCUT2D eigenvalue weighted by Crippen LogP contribution is -2.28. The largest absolute Gasteiger partial charge is 0.416 e. The highest BCUT2D eigenvalue weighted by Gasteiger charge is 2.31. The number of pyridine rings is 1. The van der Waals surface area contributed by atoms with Crippen LogP contribution in [0.1, 0.15) is 31.8 Å². The second-order valence-electron chi connectivity index (χ2n) is 6.56. The molecule has 0 atom stereocenters. The summed E-state index contributed by atoms with van der Waals surface area (Å²) in [5.74, 6) is -2.53. The fourth-order valence-corrected chi connectivity index (χ4v) is 2.85. The third-order valence-corrected chi connectivity index (χ3v) is 4.39. The molecule has 2 N–H and O–H groups in total. The van der Waals surface area contributed by atoms with E-state index in [1.807, 2.05) is 0 Å². The number of anilines is 1. The van der Waals surface area contributed by atoms with Crippen LogP contribution in [0.4, 0.5) is 23.2 Å². The Morgan fingerprint density at radius 1 is 0.935 bits per heavy atom. The van der Waals surface area contributed by atoms with Crippen molar-refractivity contribution in [3.8, 4) is 0 Å². The molecule has 0 saturated heterocycles. The minimum absolute atomic E-state index is 0.149. The van der Waals surface area contributed by atoms with Crippen molar-refractivity contribution in [2.24, 2.45) is 0 Å². The number of carbonyl (C=O) groups is 2. The number of aromatic nitrogens is 1. The van der Waals surface area contributed by atoms with Gasteiger partial charge in [0.25, 0.3) is 11.8 Å². The zero-order chi connectivity index (χ0) is 22.4. The first-order chi connectivity index (χ1) is 14.8. The molecule has 0 bridgehead atoms. The van der Waals surface area contributed by atoms with Gasteiger partial charge in [-0.3, -0.25) is 14.6 Å². The zero-order valence-electron chi connectivity index (χ0n) is 16.0. The van der Waals surface area contributed by atoms with Gasteiger partial charge in [-0.25, -0.2) is 4.39 Å². The van der Waals surface area contributed by atoms with E-state index in [4.69, 9.17) is 0 Å². The summed E-state index contributed by atoms with van der Waals surface area (Å²) in [6.07, 6.45) is -0.922. The third-order valence-electron chi connectivity index (χ3n) is 4.39. The molecule has 0 spiro atoms. The van der Waals surface area contributed by atoms with Crippen molar-refractivity contribution in [2.45, 2.75) is 12.6 Å². The van der Waals surface area contributed by atoms with Gasteiger partial charge in [-0.05, 0) is 54.4 Å². The van der Waals surface area contributed by atoms with Gasteiger partial charge in [0, 0.05) is 24.5 Å². The molecule has 0 aliphatic heterocycles. The van der Waals surface area contributed by atoms with Crippen LogP contribution in [0.2, 0.25) is 0 Å². The van der Waals surface area contributed by atoms with E-state index in [0.29, 0.717) is 12.5 Å². The van der Waals surface area contributed by atoms with Gasteiger partial charge >= 0.3 is 6.18 Å². The van der Waals surface area contributed by atoms with Crippen molar-refractivity contribution in [3.05, 3.63) is 95.1 Å². The topological polar surface area (TPSA) is 71.1 Å². The summed E-state index contributed by atoms with van der Waals surface area (Å²) in [5, 5.41) is 4.89. The van der Waals surface area contributed by atoms with Gasteiger partial charge in [-0.1, -0.05) is 12.1 Å². The van der Waals surface area contributed by atoms with Crippen molar-refractivity contribution in [1.82, 2.24) is 10.3 Å². The monoisotopic (exact) mass is 431 g/mol. The molecule has 9 heteroatoms. The number of nitrogens with one attached hydrogen (secondary N) is 2. The molecule has 1 aromatic heterocycles. The second kappa shape index (κ2) is 9.38. The SMILES string of the molecule is O=C(Nc1cccc(F)c1C(=O)NCCc1ccncc1)c1cccc(C(F)(F)F)c1. The summed E-state index contributed by atoms with van der Waals surface area (Å²) >= 11 is 0. The zero-order valence-corrected chi connectivity index (χ0v) is 16.0. The predicted octanol–water partition coefficient (Wildman–Crippen LogP) is 4.46. The fraction of sp³-hybridized carbons (Fsp3) is 0.136. The highest BCUT2D eigenvalue weighted by Crippen LogP contribution is 2.30. The van der Waals surface area contributed by atoms with Crippen LogP contribution < -0.4 is 10.6 Å². The standard InChI is InChI=1S/C22H17F4N3O2/c23-17-5-2-6-18(19(17)21(31)28-12-9-14-7-10-27-11-8-14)29-20(30)15-3-1-4-16(13-15)22(24,25)26/h1-8,10-11,13H,9,12H2,(H,28,31)(H,29,30). The van der Waals surface area contributed by atoms with Gasteiger partial charge in [0.05, 0.1) is 16.8 Å². The maximum Gasteiger partial charge on any atom is 0.416 e. The number of amides is 2. The fourth-order valence-electron chi connectivity index (χ4n) is 2.85. The van der Waals surface area contributed by atoms with E-state index in [1.54, 1.807) is 24.5 Å². The number of rotatable bonds is 6. The van der Waals surface area contributed by atoms with Gasteiger partial charge in [-0.15, -0.1) is 0 Å². The average Bonchev–Trinajstić information content (AvgIpc) is 2.74. The van der Waals surface area contributed by atoms with Crippen LogP contribution >= 0.6 is 0 Å². The Labute approximate surface area is 175 Å². The summed E-state index contributed by atoms with van der Waals surface area (Å²) in [5.41, 5.74) is -0.903. The number of nitrogens with zero attached hydrogens (tertiary/aromatic N) is 1. The molecule has 2 aromatic carbocycles. The van der Waals surface area contributed by atoms with Crippen LogP contribution in [0.15, 0.2) is 67.0 Å². The molecule has 0 radical (unpaired) electrons. The number of hydrogen-bond donors (Lipinski definition) is 2. The smallest absolute Gasteiger partial charge is 0.352 e. The summed E-state index contributed by atoms with van der Waals surface area (Å²) in [4.78, 5) is 28.8. The Bertz CT molecular complexity index is 1090. The normalized spacial score (nSPS) is 11.1. The molecule has 3 rings (SSSR count). The van der Waals surface area contributed by atoms with Crippen LogP contribution in [0.5, 0.6) is 0 Å². The average molecular weight is 431 g/mol. The highest BCUT2D eigenvalue weighted by atomic mass is 19.4. The van der Waals surface area contributed by atoms with Gasteiger partial charge in [-0.2, -0.15) is 13.2 Å². The first-order valence-corrected chi connectivity index (χ1v) is 9.20. The number of hydrogen-bond acceptors (Lipinski definition) is 3. The highest BCUT2D eigenvalue weighted by molar-refractivity contribution is 6.09. The molecular formula is C22H17F4N3O2. The minimum atomic E-state index is -4.62. The van der Waals surface area contributed by atoms with Crippen LogP contribution in [-0.2, 0) is 12.6 Å². The Hall–Kier alpha value is -3.75. The predicted molar refractivity (Wildman–Crippen MR) is 106 cm³/mol. The Morgan fingerprint density at radius 2 is 1.65 bits per heavy atom. The summed E-state index contributed by atoms with van der Waals surface area (Å²) in [6.45, 7) is 0.207. The summed E-state index contributed by atoms with van der Waals surface area (Å²) in [7, 11) is 0. The molecule has 160 valence electrons. The van der Waals surface area contributed by atoms with E-state index < -0.39 is 34.9 Å². The Balaban J connectivity index is 1.74. The quantitative estimate of drug-likeness (QED) is 0.566. The first kappa shape index (κ1) is 21.9. The molecule has 0 unspecified atom stereocenters. The number of halogens is 4. The summed E-state index contributed by atoms with van der Waals surface area (Å²) in [6, 6.07) is 11.0. The molecule has 0 aliphatic carbocycles. The maximum atomic E-state index is 14.4. The van der Waals surface area contributed by atoms with E-state index in [9.17, 15) is 27.2 Å². The van der Waals surface area contributed by atoms with Gasteiger partial charge in [0.2, 0.25) is 0 Å². The van der Waals surface area contributed by atoms with E-state index in [2.05, 4.69) is 15.6 Å². The molecule has 5 nitrogen and oxygen atoms in total. The molecule has 2 amide bonds. The summed E-state index contributed by atoms with van der Waals surface area (Å²) < 4.78 is 53.0. The van der Waals surface area contributed by atoms with Gasteiger partial charge in [0.15, 0.2) is 0 Å². The van der Waals surface area contributed by atoms with Crippen LogP contribution in [0, 0.1) is 5.82 Å². The van der Waals surface area contributed by atoms with Gasteiger partial charge in [0.1, 0.15) is 5.82 Å². The van der Waals surface area contributed by atoms with Crippen LogP contribution in [-0.4, -0.2) is 23.3 Å². The maximum absolute atomic E-state index is 14.4. The van der Waals surface area contributed by atoms with E-state index in [-0.39, 0.29) is 17.8 Å². The van der Waals surface area contributed by atoms with Crippen molar-refractivity contribution in [2.75, 3.05) is 11.9 Å². The number of benzene rings is 2. The molecule has 0 fully saturated rings. The molecular weight excluding hydrogens is 414 g/mol. The van der Waals surface area contributed by atoms with Crippen molar-refractivity contribution < 1.29 is 27.2 Å². The molecule has 0 saturated carbocycles. The number of alkyl halides is 3. The van der Waals surface area contributed by atoms with Crippen molar-refractivity contribution in [3.63, 3.8) is 0 Å². The Kier molecular flexibility index (Phi) is 6.64. The van der Waals surface area contributed by atoms with Crippen LogP contribution in [0.25, 0.3) is 0 Å². The minimum Gasteiger partial charge on any atom is -0.352 e. The molecule has 0 aliphatic rings. The van der Waals surface area contributed by atoms with E-state index in [0.717, 1.165) is 23.8 Å². The van der Waals surface area contributed by atoms with Gasteiger partial charge < -0.3 is 10.6 Å². The Morgan fingerprint density at radius 3 is 2.35 bits per heavy atom. The number of carbonyl (C=O) groups excluding carboxylic acids is 2. The first-order valence-electron chi connectivity index (χ1n) is 9.20. The van der Waals surface area contributed by atoms with Crippen molar-refractivity contribution in [1.29, 1.82) is 0 Å². The van der Waals surface area contributed by atoms with Crippen molar-refractivity contribution >= 4 is 17.5 Å². The molecule has 1 heterocycles. The second-order valence-corrected chi connectivity index (χ2v) is 6.56. The van der Waals surface area contributed by atoms with Crippen LogP contribution in [0.3, 0.4) is 0 Å². The third kappa shape index (κ3) is 5.65. The molecule has 3 aromatic rings. The molecule has 31 heavy (non-hydrogen) atoms. The lowest BCUT2D eigenvalue weighted by atomic mass is 10.1.